The zero-order valence-electron chi connectivity index (χ0n) is 17.8. The van der Waals surface area contributed by atoms with E-state index in [2.05, 4.69) is 35.2 Å². The maximum atomic E-state index is 5.99. The Bertz CT molecular complexity index is 828. The number of aryl methyl sites for hydroxylation is 1. The van der Waals surface area contributed by atoms with Gasteiger partial charge in [-0.25, -0.2) is 0 Å². The number of ether oxygens (including phenoxy) is 2. The highest BCUT2D eigenvalue weighted by Crippen LogP contribution is 2.37. The van der Waals surface area contributed by atoms with Gasteiger partial charge in [0.1, 0.15) is 0 Å². The Labute approximate surface area is 175 Å². The van der Waals surface area contributed by atoms with Crippen molar-refractivity contribution in [1.82, 2.24) is 4.90 Å². The molecule has 0 spiro atoms. The number of fused-ring (bicyclic) bond motifs is 1. The highest BCUT2D eigenvalue weighted by molar-refractivity contribution is 5.47. The van der Waals surface area contributed by atoms with Gasteiger partial charge in [-0.3, -0.25) is 0 Å². The van der Waals surface area contributed by atoms with Gasteiger partial charge in [-0.1, -0.05) is 12.1 Å². The molecule has 0 saturated carbocycles. The Morgan fingerprint density at radius 3 is 2.52 bits per heavy atom. The summed E-state index contributed by atoms with van der Waals surface area (Å²) in [4.78, 5) is 2.66. The van der Waals surface area contributed by atoms with Gasteiger partial charge in [-0.15, -0.1) is 0 Å². The molecular weight excluding hydrogens is 360 g/mol. The smallest absolute Gasteiger partial charge is 0.160 e. The monoisotopic (exact) mass is 394 g/mol. The number of nitrogens with zero attached hydrogens (tertiary/aromatic N) is 1. The number of methoxy groups -OCH3 is 2. The molecule has 1 fully saturated rings. The Kier molecular flexibility index (Phi) is 6.29. The van der Waals surface area contributed by atoms with E-state index in [1.54, 1.807) is 19.8 Å². The quantitative estimate of drug-likeness (QED) is 0.702. The molecule has 1 aliphatic carbocycles. The molecule has 4 nitrogen and oxygen atoms in total. The standard InChI is InChI=1S/C25H34N2O2/c1-28-24-9-6-20(17-25(24)29-2)18-10-13-27(14-11-18)15-12-19-4-3-5-21-16-22(26)7-8-23(19)21/h6-9,16-19H,3-5,10-15,26H2,1-2H3. The minimum absolute atomic E-state index is 0.615. The second kappa shape index (κ2) is 9.08. The zero-order valence-corrected chi connectivity index (χ0v) is 17.8. The molecule has 4 rings (SSSR count). The van der Waals surface area contributed by atoms with Crippen LogP contribution >= 0.6 is 0 Å². The van der Waals surface area contributed by atoms with Crippen molar-refractivity contribution in [2.45, 2.75) is 50.4 Å². The first-order valence-corrected chi connectivity index (χ1v) is 11.0. The highest BCUT2D eigenvalue weighted by atomic mass is 16.5. The summed E-state index contributed by atoms with van der Waals surface area (Å²) < 4.78 is 10.9. The van der Waals surface area contributed by atoms with Crippen LogP contribution in [0.2, 0.25) is 0 Å². The van der Waals surface area contributed by atoms with Gasteiger partial charge in [0.25, 0.3) is 0 Å². The van der Waals surface area contributed by atoms with Crippen molar-refractivity contribution in [3.8, 4) is 11.5 Å². The Balaban J connectivity index is 1.31. The molecule has 156 valence electrons. The fourth-order valence-corrected chi connectivity index (χ4v) is 5.17. The fourth-order valence-electron chi connectivity index (χ4n) is 5.17. The lowest BCUT2D eigenvalue weighted by Crippen LogP contribution is -2.34. The minimum atomic E-state index is 0.615. The summed E-state index contributed by atoms with van der Waals surface area (Å²) in [5.41, 5.74) is 11.3. The van der Waals surface area contributed by atoms with E-state index in [1.807, 2.05) is 6.07 Å². The van der Waals surface area contributed by atoms with E-state index in [0.717, 1.165) is 17.2 Å². The van der Waals surface area contributed by atoms with Crippen LogP contribution in [0.3, 0.4) is 0 Å². The first-order chi connectivity index (χ1) is 14.2. The van der Waals surface area contributed by atoms with Crippen LogP contribution in [-0.4, -0.2) is 38.8 Å². The van der Waals surface area contributed by atoms with Crippen LogP contribution in [-0.2, 0) is 6.42 Å². The first kappa shape index (κ1) is 20.1. The summed E-state index contributed by atoms with van der Waals surface area (Å²) in [6.07, 6.45) is 7.49. The molecule has 0 bridgehead atoms. The molecule has 4 heteroatoms. The normalized spacial score (nSPS) is 20.3. The third kappa shape index (κ3) is 4.53. The van der Waals surface area contributed by atoms with Crippen LogP contribution in [0, 0.1) is 0 Å². The second-order valence-electron chi connectivity index (χ2n) is 8.57. The number of nitrogen functional groups attached to an aromatic ring is 1. The third-order valence-electron chi connectivity index (χ3n) is 6.87. The summed E-state index contributed by atoms with van der Waals surface area (Å²) >= 11 is 0. The molecule has 2 aliphatic rings. The molecule has 29 heavy (non-hydrogen) atoms. The maximum Gasteiger partial charge on any atom is 0.160 e. The van der Waals surface area contributed by atoms with Gasteiger partial charge in [-0.05, 0) is 111 Å². The van der Waals surface area contributed by atoms with E-state index in [9.17, 15) is 0 Å². The molecule has 1 heterocycles. The van der Waals surface area contributed by atoms with Crippen LogP contribution < -0.4 is 15.2 Å². The SMILES string of the molecule is COc1ccc(C2CCN(CCC3CCCc4cc(N)ccc43)CC2)cc1OC. The molecule has 1 atom stereocenters. The second-order valence-corrected chi connectivity index (χ2v) is 8.57. The lowest BCUT2D eigenvalue weighted by molar-refractivity contribution is 0.203. The number of rotatable bonds is 6. The van der Waals surface area contributed by atoms with Gasteiger partial charge in [-0.2, -0.15) is 0 Å². The van der Waals surface area contributed by atoms with E-state index < -0.39 is 0 Å². The summed E-state index contributed by atoms with van der Waals surface area (Å²) in [6, 6.07) is 12.9. The number of piperidine rings is 1. The number of likely N-dealkylation sites (tertiary alicyclic amines) is 1. The first-order valence-electron chi connectivity index (χ1n) is 11.0. The van der Waals surface area contributed by atoms with Crippen molar-refractivity contribution in [3.05, 3.63) is 53.1 Å². The van der Waals surface area contributed by atoms with Crippen molar-refractivity contribution in [2.24, 2.45) is 0 Å². The topological polar surface area (TPSA) is 47.7 Å². The van der Waals surface area contributed by atoms with Crippen LogP contribution in [0.1, 0.15) is 60.6 Å². The van der Waals surface area contributed by atoms with E-state index in [1.165, 1.54) is 69.3 Å². The molecule has 2 aromatic carbocycles. The van der Waals surface area contributed by atoms with Gasteiger partial charge in [0.15, 0.2) is 11.5 Å². The number of hydrogen-bond donors (Lipinski definition) is 1. The van der Waals surface area contributed by atoms with E-state index in [4.69, 9.17) is 15.2 Å². The van der Waals surface area contributed by atoms with Crippen molar-refractivity contribution >= 4 is 5.69 Å². The van der Waals surface area contributed by atoms with Crippen LogP contribution in [0.4, 0.5) is 5.69 Å². The van der Waals surface area contributed by atoms with Crippen molar-refractivity contribution in [1.29, 1.82) is 0 Å². The van der Waals surface area contributed by atoms with E-state index in [0.29, 0.717) is 11.8 Å². The summed E-state index contributed by atoms with van der Waals surface area (Å²) in [6.45, 7) is 3.56. The van der Waals surface area contributed by atoms with Crippen LogP contribution in [0.5, 0.6) is 11.5 Å². The Morgan fingerprint density at radius 1 is 0.966 bits per heavy atom. The average molecular weight is 395 g/mol. The van der Waals surface area contributed by atoms with Crippen molar-refractivity contribution in [2.75, 3.05) is 39.6 Å². The number of hydrogen-bond acceptors (Lipinski definition) is 4. The lowest BCUT2D eigenvalue weighted by Gasteiger charge is -2.34. The van der Waals surface area contributed by atoms with Gasteiger partial charge in [0.2, 0.25) is 0 Å². The number of benzene rings is 2. The molecule has 1 aliphatic heterocycles. The average Bonchev–Trinajstić information content (AvgIpc) is 2.77. The van der Waals surface area contributed by atoms with E-state index in [-0.39, 0.29) is 0 Å². The third-order valence-corrected chi connectivity index (χ3v) is 6.87. The minimum Gasteiger partial charge on any atom is -0.493 e. The van der Waals surface area contributed by atoms with Crippen LogP contribution in [0.25, 0.3) is 0 Å². The molecule has 2 aromatic rings. The molecule has 0 radical (unpaired) electrons. The molecule has 2 N–H and O–H groups in total. The summed E-state index contributed by atoms with van der Waals surface area (Å²) in [7, 11) is 3.40. The molecule has 0 amide bonds. The Morgan fingerprint density at radius 2 is 1.76 bits per heavy atom. The molecule has 0 aromatic heterocycles. The van der Waals surface area contributed by atoms with Gasteiger partial charge >= 0.3 is 0 Å². The van der Waals surface area contributed by atoms with Gasteiger partial charge in [0.05, 0.1) is 14.2 Å². The van der Waals surface area contributed by atoms with Crippen molar-refractivity contribution < 1.29 is 9.47 Å². The van der Waals surface area contributed by atoms with E-state index >= 15 is 0 Å². The summed E-state index contributed by atoms with van der Waals surface area (Å²) in [5.74, 6) is 2.96. The number of anilines is 1. The fraction of sp³-hybridized carbons (Fsp3) is 0.520. The van der Waals surface area contributed by atoms with Gasteiger partial charge in [0, 0.05) is 5.69 Å². The summed E-state index contributed by atoms with van der Waals surface area (Å²) in [5, 5.41) is 0. The van der Waals surface area contributed by atoms with Crippen molar-refractivity contribution in [3.63, 3.8) is 0 Å². The predicted octanol–water partition coefficient (Wildman–Crippen LogP) is 4.98. The lowest BCUT2D eigenvalue weighted by atomic mass is 9.80. The zero-order chi connectivity index (χ0) is 20.2. The predicted molar refractivity (Wildman–Crippen MR) is 119 cm³/mol. The number of nitrogens with two attached hydrogens (primary N) is 1. The van der Waals surface area contributed by atoms with Gasteiger partial charge < -0.3 is 20.1 Å². The Hall–Kier alpha value is -2.20. The molecular formula is C25H34N2O2. The molecule has 1 unspecified atom stereocenters. The van der Waals surface area contributed by atoms with Crippen LogP contribution in [0.15, 0.2) is 36.4 Å². The molecule has 1 saturated heterocycles. The largest absolute Gasteiger partial charge is 0.493 e. The highest BCUT2D eigenvalue weighted by Gasteiger charge is 2.24. The maximum absolute atomic E-state index is 5.99.